The molecule has 3 N–H and O–H groups in total. The molecule has 2 aromatic rings. The summed E-state index contributed by atoms with van der Waals surface area (Å²) in [5.41, 5.74) is 11.8. The first-order valence-electron chi connectivity index (χ1n) is 10.0. The second-order valence-electron chi connectivity index (χ2n) is 7.88. The maximum Gasteiger partial charge on any atom is 0.192 e. The summed E-state index contributed by atoms with van der Waals surface area (Å²) in [5.74, 6) is 1.57. The van der Waals surface area contributed by atoms with E-state index in [2.05, 4.69) is 43.3 Å². The van der Waals surface area contributed by atoms with E-state index >= 15 is 0 Å². The fourth-order valence-electron chi connectivity index (χ4n) is 4.08. The summed E-state index contributed by atoms with van der Waals surface area (Å²) >= 11 is 1.93. The molecule has 1 fully saturated rings. The van der Waals surface area contributed by atoms with Crippen LogP contribution in [0, 0.1) is 12.8 Å². The monoisotopic (exact) mass is 479 g/mol. The molecule has 0 unspecified atom stereocenters. The van der Waals surface area contributed by atoms with E-state index in [9.17, 15) is 5.11 Å². The third kappa shape index (κ3) is 5.38. The first kappa shape index (κ1) is 20.5. The van der Waals surface area contributed by atoms with Crippen molar-refractivity contribution in [3.05, 3.63) is 47.5 Å². The molecule has 27 heavy (non-hydrogen) atoms. The molecule has 1 aliphatic rings. The Balaban J connectivity index is 1.60. The topological polar surface area (TPSA) is 55.5 Å². The van der Waals surface area contributed by atoms with Gasteiger partial charge in [0, 0.05) is 5.56 Å². The van der Waals surface area contributed by atoms with Gasteiger partial charge in [0.25, 0.3) is 0 Å². The number of hydrogen-bond acceptors (Lipinski definition) is 3. The Labute approximate surface area is 177 Å². The van der Waals surface area contributed by atoms with E-state index in [0.717, 1.165) is 54.2 Å². The van der Waals surface area contributed by atoms with Crippen LogP contribution in [0.15, 0.2) is 36.4 Å². The highest BCUT2D eigenvalue weighted by Gasteiger charge is 2.19. The molecule has 3 nitrogen and oxygen atoms in total. The lowest BCUT2D eigenvalue weighted by Crippen LogP contribution is -2.18. The van der Waals surface area contributed by atoms with Crippen molar-refractivity contribution < 1.29 is 8.17 Å². The molecule has 0 bridgehead atoms. The van der Waals surface area contributed by atoms with Crippen molar-refractivity contribution in [2.24, 2.45) is 5.92 Å². The molecule has 1 aliphatic carbocycles. The Morgan fingerprint density at radius 1 is 1.04 bits per heavy atom. The lowest BCUT2D eigenvalue weighted by molar-refractivity contribution is 0.106. The molecule has 1 saturated carbocycles. The standard InChI is InChI=1S/C23H30INO2/c1-16-6-10-18(11-7-16)21-15-12-19(22(25)23(21)27-24)5-3-2-4-17-8-13-20(26)14-9-17/h6-7,10-12,15,17,20,26H,2-5,8-9,13-14,25H2,1H3. The van der Waals surface area contributed by atoms with Gasteiger partial charge >= 0.3 is 0 Å². The summed E-state index contributed by atoms with van der Waals surface area (Å²) in [4.78, 5) is 0. The van der Waals surface area contributed by atoms with Gasteiger partial charge in [-0.3, -0.25) is 0 Å². The predicted molar refractivity (Wildman–Crippen MR) is 121 cm³/mol. The van der Waals surface area contributed by atoms with Crippen LogP contribution in [-0.2, 0) is 6.42 Å². The number of rotatable bonds is 7. The summed E-state index contributed by atoms with van der Waals surface area (Å²) in [5, 5.41) is 9.62. The van der Waals surface area contributed by atoms with Gasteiger partial charge in [-0.15, -0.1) is 0 Å². The molecule has 4 heteroatoms. The van der Waals surface area contributed by atoms with E-state index in [0.29, 0.717) is 0 Å². The summed E-state index contributed by atoms with van der Waals surface area (Å²) in [7, 11) is 0. The predicted octanol–water partition coefficient (Wildman–Crippen LogP) is 6.24. The van der Waals surface area contributed by atoms with Crippen LogP contribution in [-0.4, -0.2) is 11.2 Å². The average molecular weight is 479 g/mol. The minimum atomic E-state index is -0.0557. The van der Waals surface area contributed by atoms with Crippen LogP contribution in [0.25, 0.3) is 11.1 Å². The van der Waals surface area contributed by atoms with Crippen LogP contribution in [0.3, 0.4) is 0 Å². The van der Waals surface area contributed by atoms with E-state index in [1.807, 2.05) is 23.0 Å². The van der Waals surface area contributed by atoms with Crippen LogP contribution in [0.2, 0.25) is 0 Å². The van der Waals surface area contributed by atoms with Crippen LogP contribution in [0.5, 0.6) is 5.75 Å². The van der Waals surface area contributed by atoms with Crippen LogP contribution >= 0.6 is 23.0 Å². The van der Waals surface area contributed by atoms with Gasteiger partial charge in [0.05, 0.1) is 11.8 Å². The van der Waals surface area contributed by atoms with Gasteiger partial charge in [0.2, 0.25) is 0 Å². The lowest BCUT2D eigenvalue weighted by Gasteiger charge is -2.25. The van der Waals surface area contributed by atoms with E-state index < -0.39 is 0 Å². The first-order chi connectivity index (χ1) is 13.1. The number of aliphatic hydroxyl groups excluding tert-OH is 1. The van der Waals surface area contributed by atoms with Gasteiger partial charge in [-0.1, -0.05) is 54.8 Å². The quantitative estimate of drug-likeness (QED) is 0.281. The molecule has 0 aromatic heterocycles. The Hall–Kier alpha value is -1.27. The Bertz CT molecular complexity index is 737. The number of nitrogens with two attached hydrogens (primary N) is 1. The Morgan fingerprint density at radius 3 is 2.41 bits per heavy atom. The van der Waals surface area contributed by atoms with Crippen molar-refractivity contribution in [1.82, 2.24) is 0 Å². The van der Waals surface area contributed by atoms with Gasteiger partial charge in [0.15, 0.2) is 28.8 Å². The normalized spacial score (nSPS) is 19.8. The molecule has 0 atom stereocenters. The second-order valence-corrected chi connectivity index (χ2v) is 8.32. The smallest absolute Gasteiger partial charge is 0.192 e. The summed E-state index contributed by atoms with van der Waals surface area (Å²) in [6, 6.07) is 12.7. The number of nitrogen functional groups attached to an aromatic ring is 1. The second kappa shape index (κ2) is 9.78. The minimum Gasteiger partial charge on any atom is -0.425 e. The largest absolute Gasteiger partial charge is 0.425 e. The van der Waals surface area contributed by atoms with Crippen LogP contribution < -0.4 is 8.80 Å². The van der Waals surface area contributed by atoms with E-state index in [-0.39, 0.29) is 6.10 Å². The molecule has 0 radical (unpaired) electrons. The fourth-order valence-corrected chi connectivity index (χ4v) is 4.56. The van der Waals surface area contributed by atoms with Gasteiger partial charge in [-0.05, 0) is 62.5 Å². The van der Waals surface area contributed by atoms with Gasteiger partial charge in [0.1, 0.15) is 0 Å². The minimum absolute atomic E-state index is 0.0557. The fraction of sp³-hybridized carbons (Fsp3) is 0.478. The van der Waals surface area contributed by atoms with E-state index in [1.54, 1.807) is 0 Å². The van der Waals surface area contributed by atoms with Gasteiger partial charge in [-0.2, -0.15) is 0 Å². The van der Waals surface area contributed by atoms with Crippen molar-refractivity contribution in [2.45, 2.75) is 64.4 Å². The zero-order valence-electron chi connectivity index (χ0n) is 16.1. The number of aliphatic hydroxyl groups is 1. The highest BCUT2D eigenvalue weighted by Crippen LogP contribution is 2.39. The molecule has 3 rings (SSSR count). The SMILES string of the molecule is Cc1ccc(-c2ccc(CCCCC3CCC(O)CC3)c(N)c2OI)cc1. The van der Waals surface area contributed by atoms with Gasteiger partial charge < -0.3 is 13.9 Å². The van der Waals surface area contributed by atoms with E-state index in [1.165, 1.54) is 36.8 Å². The van der Waals surface area contributed by atoms with Crippen LogP contribution in [0.4, 0.5) is 5.69 Å². The molecule has 0 aliphatic heterocycles. The number of halogens is 1. The summed E-state index contributed by atoms with van der Waals surface area (Å²) in [6.45, 7) is 2.09. The maximum atomic E-state index is 9.62. The third-order valence-corrected chi connectivity index (χ3v) is 6.29. The molecule has 146 valence electrons. The molecule has 2 aromatic carbocycles. The third-order valence-electron chi connectivity index (χ3n) is 5.85. The van der Waals surface area contributed by atoms with Gasteiger partial charge in [-0.25, -0.2) is 0 Å². The van der Waals surface area contributed by atoms with Crippen molar-refractivity contribution in [2.75, 3.05) is 5.73 Å². The van der Waals surface area contributed by atoms with E-state index in [4.69, 9.17) is 8.80 Å². The number of benzene rings is 2. The molecule has 0 saturated heterocycles. The average Bonchev–Trinajstić information content (AvgIpc) is 2.68. The van der Waals surface area contributed by atoms with Crippen molar-refractivity contribution in [3.8, 4) is 16.9 Å². The summed E-state index contributed by atoms with van der Waals surface area (Å²) < 4.78 is 5.63. The highest BCUT2D eigenvalue weighted by molar-refractivity contribution is 14.1. The molecular weight excluding hydrogens is 449 g/mol. The molecule has 0 amide bonds. The lowest BCUT2D eigenvalue weighted by atomic mass is 9.84. The van der Waals surface area contributed by atoms with Crippen molar-refractivity contribution in [3.63, 3.8) is 0 Å². The zero-order chi connectivity index (χ0) is 19.2. The van der Waals surface area contributed by atoms with Crippen LogP contribution in [0.1, 0.15) is 56.1 Å². The van der Waals surface area contributed by atoms with Crippen molar-refractivity contribution in [1.29, 1.82) is 0 Å². The van der Waals surface area contributed by atoms with Crippen molar-refractivity contribution >= 4 is 28.7 Å². The Kier molecular flexibility index (Phi) is 7.41. The molecule has 0 spiro atoms. The maximum absolute atomic E-state index is 9.62. The molecular formula is C23H30INO2. The molecule has 0 heterocycles. The first-order valence-corrected chi connectivity index (χ1v) is 10.9. The Morgan fingerprint density at radius 2 is 1.74 bits per heavy atom. The number of unbranched alkanes of at least 4 members (excludes halogenated alkanes) is 1. The number of hydrogen-bond donors (Lipinski definition) is 2. The zero-order valence-corrected chi connectivity index (χ0v) is 18.2. The summed E-state index contributed by atoms with van der Waals surface area (Å²) in [6.07, 6.45) is 8.89. The highest BCUT2D eigenvalue weighted by atomic mass is 127. The number of aryl methyl sites for hydroxylation is 2. The number of anilines is 1.